The average molecular weight is 382 g/mol. The summed E-state index contributed by atoms with van der Waals surface area (Å²) in [5.74, 6) is 1.47. The smallest absolute Gasteiger partial charge is 0.194 e. The standard InChI is InChI=1S/C18H28BrN3O/c1-3-14(10-15-6-5-7-16(19)11-15)12-21-18(20-4-2)22-9-8-17(23)13-22/h5-7,11,14,17,23H,3-4,8-10,12-13H2,1-2H3,(H,20,21)/t14?,17-/m1/s1. The number of β-amino-alcohol motifs (C(OH)–C–C–N with tert-alkyl or cyclic N) is 1. The van der Waals surface area contributed by atoms with E-state index in [4.69, 9.17) is 4.99 Å². The third-order valence-electron chi connectivity index (χ3n) is 4.29. The molecule has 0 radical (unpaired) electrons. The SMILES string of the molecule is CCNC(=NCC(CC)Cc1cccc(Br)c1)N1CC[C@@H](O)C1. The maximum absolute atomic E-state index is 9.73. The molecule has 2 rings (SSSR count). The van der Waals surface area contributed by atoms with Crippen LogP contribution in [0.5, 0.6) is 0 Å². The monoisotopic (exact) mass is 381 g/mol. The second kappa shape index (κ2) is 9.28. The van der Waals surface area contributed by atoms with E-state index < -0.39 is 0 Å². The fourth-order valence-electron chi connectivity index (χ4n) is 2.91. The maximum Gasteiger partial charge on any atom is 0.194 e. The number of rotatable bonds is 6. The minimum absolute atomic E-state index is 0.220. The molecule has 1 fully saturated rings. The van der Waals surface area contributed by atoms with E-state index in [1.165, 1.54) is 5.56 Å². The molecule has 0 bridgehead atoms. The lowest BCUT2D eigenvalue weighted by Crippen LogP contribution is -2.40. The Hall–Kier alpha value is -1.07. The van der Waals surface area contributed by atoms with Crippen LogP contribution in [0.3, 0.4) is 0 Å². The van der Waals surface area contributed by atoms with Crippen molar-refractivity contribution in [1.82, 2.24) is 10.2 Å². The first-order chi connectivity index (χ1) is 11.1. The topological polar surface area (TPSA) is 47.9 Å². The summed E-state index contributed by atoms with van der Waals surface area (Å²) in [6.45, 7) is 7.56. The number of hydrogen-bond donors (Lipinski definition) is 2. The summed E-state index contributed by atoms with van der Waals surface area (Å²) < 4.78 is 1.13. The Kier molecular flexibility index (Phi) is 7.37. The van der Waals surface area contributed by atoms with Crippen molar-refractivity contribution in [2.24, 2.45) is 10.9 Å². The summed E-state index contributed by atoms with van der Waals surface area (Å²) in [4.78, 5) is 6.99. The van der Waals surface area contributed by atoms with E-state index in [9.17, 15) is 5.11 Å². The van der Waals surface area contributed by atoms with E-state index in [0.717, 1.165) is 49.3 Å². The zero-order valence-corrected chi connectivity index (χ0v) is 15.7. The van der Waals surface area contributed by atoms with Gasteiger partial charge in [-0.3, -0.25) is 4.99 Å². The van der Waals surface area contributed by atoms with Crippen LogP contribution < -0.4 is 5.32 Å². The molecule has 1 heterocycles. The number of benzene rings is 1. The van der Waals surface area contributed by atoms with E-state index in [-0.39, 0.29) is 6.10 Å². The highest BCUT2D eigenvalue weighted by atomic mass is 79.9. The summed E-state index contributed by atoms with van der Waals surface area (Å²) in [6.07, 6.45) is 2.77. The molecule has 23 heavy (non-hydrogen) atoms. The van der Waals surface area contributed by atoms with Gasteiger partial charge < -0.3 is 15.3 Å². The van der Waals surface area contributed by atoms with Crippen molar-refractivity contribution in [3.05, 3.63) is 34.3 Å². The highest BCUT2D eigenvalue weighted by Gasteiger charge is 2.23. The van der Waals surface area contributed by atoms with Gasteiger partial charge in [-0.2, -0.15) is 0 Å². The predicted molar refractivity (Wildman–Crippen MR) is 99.8 cm³/mol. The van der Waals surface area contributed by atoms with Crippen LogP contribution in [-0.4, -0.2) is 48.2 Å². The zero-order chi connectivity index (χ0) is 16.7. The molecular formula is C18H28BrN3O. The molecule has 0 amide bonds. The molecule has 5 heteroatoms. The molecule has 0 aliphatic carbocycles. The van der Waals surface area contributed by atoms with Crippen LogP contribution in [0.2, 0.25) is 0 Å². The van der Waals surface area contributed by atoms with Gasteiger partial charge in [0.2, 0.25) is 0 Å². The summed E-state index contributed by atoms with van der Waals surface area (Å²) in [5, 5.41) is 13.1. The number of guanidine groups is 1. The molecule has 2 atom stereocenters. The maximum atomic E-state index is 9.73. The van der Waals surface area contributed by atoms with Crippen LogP contribution in [0.15, 0.2) is 33.7 Å². The first-order valence-electron chi connectivity index (χ1n) is 8.58. The minimum atomic E-state index is -0.220. The van der Waals surface area contributed by atoms with E-state index in [2.05, 4.69) is 64.3 Å². The molecule has 128 valence electrons. The molecule has 1 aromatic carbocycles. The molecule has 1 saturated heterocycles. The van der Waals surface area contributed by atoms with Crippen LogP contribution in [-0.2, 0) is 6.42 Å². The number of likely N-dealkylation sites (tertiary alicyclic amines) is 1. The van der Waals surface area contributed by atoms with Crippen LogP contribution in [0.25, 0.3) is 0 Å². The van der Waals surface area contributed by atoms with Crippen molar-refractivity contribution in [3.63, 3.8) is 0 Å². The molecule has 4 nitrogen and oxygen atoms in total. The van der Waals surface area contributed by atoms with Crippen molar-refractivity contribution in [2.45, 2.75) is 39.2 Å². The Labute approximate surface area is 148 Å². The van der Waals surface area contributed by atoms with Gasteiger partial charge in [0.1, 0.15) is 0 Å². The molecule has 2 N–H and O–H groups in total. The van der Waals surface area contributed by atoms with Crippen molar-refractivity contribution < 1.29 is 5.11 Å². The third-order valence-corrected chi connectivity index (χ3v) is 4.78. The fourth-order valence-corrected chi connectivity index (χ4v) is 3.36. The molecule has 0 saturated carbocycles. The van der Waals surface area contributed by atoms with Gasteiger partial charge in [-0.25, -0.2) is 0 Å². The van der Waals surface area contributed by atoms with E-state index >= 15 is 0 Å². The highest BCUT2D eigenvalue weighted by molar-refractivity contribution is 9.10. The number of aliphatic imine (C=N–C) groups is 1. The van der Waals surface area contributed by atoms with E-state index in [0.29, 0.717) is 12.5 Å². The number of nitrogens with zero attached hydrogens (tertiary/aromatic N) is 2. The Morgan fingerprint density at radius 3 is 2.91 bits per heavy atom. The Bertz CT molecular complexity index is 521. The quantitative estimate of drug-likeness (QED) is 0.587. The summed E-state index contributed by atoms with van der Waals surface area (Å²) in [7, 11) is 0. The number of aliphatic hydroxyl groups excluding tert-OH is 1. The lowest BCUT2D eigenvalue weighted by molar-refractivity contribution is 0.187. The van der Waals surface area contributed by atoms with Crippen molar-refractivity contribution >= 4 is 21.9 Å². The van der Waals surface area contributed by atoms with Gasteiger partial charge in [-0.15, -0.1) is 0 Å². The van der Waals surface area contributed by atoms with Gasteiger partial charge in [0, 0.05) is 30.7 Å². The summed E-state index contributed by atoms with van der Waals surface area (Å²) in [6, 6.07) is 8.52. The number of nitrogens with one attached hydrogen (secondary N) is 1. The average Bonchev–Trinajstić information content (AvgIpc) is 2.96. The molecule has 0 spiro atoms. The summed E-state index contributed by atoms with van der Waals surface area (Å²) >= 11 is 3.54. The molecule has 1 aliphatic rings. The van der Waals surface area contributed by atoms with Gasteiger partial charge >= 0.3 is 0 Å². The van der Waals surface area contributed by atoms with Crippen LogP contribution in [0.1, 0.15) is 32.3 Å². The second-order valence-corrected chi connectivity index (χ2v) is 7.11. The Morgan fingerprint density at radius 1 is 1.48 bits per heavy atom. The number of halogens is 1. The van der Waals surface area contributed by atoms with E-state index in [1.54, 1.807) is 0 Å². The van der Waals surface area contributed by atoms with Crippen molar-refractivity contribution in [2.75, 3.05) is 26.2 Å². The van der Waals surface area contributed by atoms with Gasteiger partial charge in [0.05, 0.1) is 6.10 Å². The lowest BCUT2D eigenvalue weighted by Gasteiger charge is -2.22. The predicted octanol–water partition coefficient (Wildman–Crippen LogP) is 3.05. The first kappa shape index (κ1) is 18.3. The fraction of sp³-hybridized carbons (Fsp3) is 0.611. The minimum Gasteiger partial charge on any atom is -0.391 e. The van der Waals surface area contributed by atoms with Gasteiger partial charge in [-0.05, 0) is 43.4 Å². The van der Waals surface area contributed by atoms with E-state index in [1.807, 2.05) is 0 Å². The van der Waals surface area contributed by atoms with Crippen molar-refractivity contribution in [3.8, 4) is 0 Å². The molecule has 1 aromatic rings. The van der Waals surface area contributed by atoms with Gasteiger partial charge in [0.25, 0.3) is 0 Å². The Balaban J connectivity index is 1.97. The molecular weight excluding hydrogens is 354 g/mol. The van der Waals surface area contributed by atoms with Crippen molar-refractivity contribution in [1.29, 1.82) is 0 Å². The molecule has 1 unspecified atom stereocenters. The molecule has 0 aromatic heterocycles. The highest BCUT2D eigenvalue weighted by Crippen LogP contribution is 2.17. The first-order valence-corrected chi connectivity index (χ1v) is 9.37. The zero-order valence-electron chi connectivity index (χ0n) is 14.1. The number of aliphatic hydroxyl groups is 1. The second-order valence-electron chi connectivity index (χ2n) is 6.19. The molecule has 1 aliphatic heterocycles. The van der Waals surface area contributed by atoms with Crippen LogP contribution in [0, 0.1) is 5.92 Å². The van der Waals surface area contributed by atoms with Crippen LogP contribution >= 0.6 is 15.9 Å². The van der Waals surface area contributed by atoms with Gasteiger partial charge in [-0.1, -0.05) is 41.4 Å². The lowest BCUT2D eigenvalue weighted by atomic mass is 9.97. The Morgan fingerprint density at radius 2 is 2.30 bits per heavy atom. The number of hydrogen-bond acceptors (Lipinski definition) is 2. The van der Waals surface area contributed by atoms with Gasteiger partial charge in [0.15, 0.2) is 5.96 Å². The third kappa shape index (κ3) is 5.81. The van der Waals surface area contributed by atoms with Crippen LogP contribution in [0.4, 0.5) is 0 Å². The normalized spacial score (nSPS) is 19.9. The summed E-state index contributed by atoms with van der Waals surface area (Å²) in [5.41, 5.74) is 1.35. The largest absolute Gasteiger partial charge is 0.391 e.